The van der Waals surface area contributed by atoms with Crippen molar-refractivity contribution in [3.05, 3.63) is 29.8 Å². The molecule has 0 radical (unpaired) electrons. The van der Waals surface area contributed by atoms with Crippen molar-refractivity contribution in [2.75, 3.05) is 18.9 Å². The first-order chi connectivity index (χ1) is 14.0. The quantitative estimate of drug-likeness (QED) is 0.652. The van der Waals surface area contributed by atoms with Crippen LogP contribution in [0.25, 0.3) is 0 Å². The van der Waals surface area contributed by atoms with E-state index >= 15 is 0 Å². The normalized spacial score (nSPS) is 18.6. The number of carbonyl (C=O) groups is 3. The van der Waals surface area contributed by atoms with E-state index in [1.165, 1.54) is 11.0 Å². The third kappa shape index (κ3) is 5.33. The smallest absolute Gasteiger partial charge is 0.247 e. The number of likely N-dealkylation sites (tertiary alicyclic amines) is 1. The van der Waals surface area contributed by atoms with E-state index in [0.29, 0.717) is 19.4 Å². The van der Waals surface area contributed by atoms with Gasteiger partial charge in [0.05, 0.1) is 6.04 Å². The molecule has 0 bridgehead atoms. The van der Waals surface area contributed by atoms with E-state index < -0.39 is 52.7 Å². The summed E-state index contributed by atoms with van der Waals surface area (Å²) >= 11 is 0. The molecule has 0 spiro atoms. The van der Waals surface area contributed by atoms with Gasteiger partial charge in [0.1, 0.15) is 29.4 Å². The predicted octanol–water partition coefficient (Wildman–Crippen LogP) is 2.03. The van der Waals surface area contributed by atoms with Crippen LogP contribution in [0.5, 0.6) is 0 Å². The monoisotopic (exact) mass is 424 g/mol. The van der Waals surface area contributed by atoms with E-state index in [9.17, 15) is 23.2 Å². The lowest BCUT2D eigenvalue weighted by molar-refractivity contribution is -0.143. The highest BCUT2D eigenvalue weighted by molar-refractivity contribution is 5.99. The molecule has 3 amide bonds. The van der Waals surface area contributed by atoms with Gasteiger partial charge in [-0.25, -0.2) is 8.78 Å². The number of carbonyl (C=O) groups excluding carboxylic acids is 3. The number of amides is 3. The summed E-state index contributed by atoms with van der Waals surface area (Å²) in [5.41, 5.74) is -1.15. The number of hydrogen-bond acceptors (Lipinski definition) is 4. The second-order valence-electron chi connectivity index (χ2n) is 8.59. The van der Waals surface area contributed by atoms with Gasteiger partial charge in [-0.3, -0.25) is 14.4 Å². The fourth-order valence-electron chi connectivity index (χ4n) is 3.34. The van der Waals surface area contributed by atoms with Gasteiger partial charge in [0, 0.05) is 6.54 Å². The van der Waals surface area contributed by atoms with Crippen molar-refractivity contribution < 1.29 is 23.2 Å². The zero-order chi connectivity index (χ0) is 22.6. The molecule has 7 nitrogen and oxygen atoms in total. The Morgan fingerprint density at radius 1 is 1.17 bits per heavy atom. The largest absolute Gasteiger partial charge is 0.342 e. The van der Waals surface area contributed by atoms with Crippen molar-refractivity contribution in [3.63, 3.8) is 0 Å². The second-order valence-corrected chi connectivity index (χ2v) is 8.59. The molecule has 1 aromatic rings. The SMILES string of the molecule is CN[C@H](C)C(=O)NC(C(=O)N1CCC[C@@H]1C(=O)Nc1c(F)cccc1F)C(C)(C)C. The summed E-state index contributed by atoms with van der Waals surface area (Å²) in [4.78, 5) is 39.8. The van der Waals surface area contributed by atoms with Crippen LogP contribution >= 0.6 is 0 Å². The average molecular weight is 424 g/mol. The lowest BCUT2D eigenvalue weighted by atomic mass is 9.85. The Labute approximate surface area is 175 Å². The van der Waals surface area contributed by atoms with Gasteiger partial charge in [-0.1, -0.05) is 26.8 Å². The van der Waals surface area contributed by atoms with Crippen LogP contribution in [0.15, 0.2) is 18.2 Å². The fraction of sp³-hybridized carbons (Fsp3) is 0.571. The minimum Gasteiger partial charge on any atom is -0.342 e. The Balaban J connectivity index is 2.21. The van der Waals surface area contributed by atoms with Gasteiger partial charge in [0.15, 0.2) is 0 Å². The fourth-order valence-corrected chi connectivity index (χ4v) is 3.34. The molecule has 9 heteroatoms. The van der Waals surface area contributed by atoms with Crippen LogP contribution < -0.4 is 16.0 Å². The molecule has 3 atom stereocenters. The van der Waals surface area contributed by atoms with Crippen LogP contribution in [0, 0.1) is 17.0 Å². The highest BCUT2D eigenvalue weighted by Gasteiger charge is 2.42. The van der Waals surface area contributed by atoms with Crippen molar-refractivity contribution in [2.45, 2.75) is 58.7 Å². The highest BCUT2D eigenvalue weighted by Crippen LogP contribution is 2.27. The maximum absolute atomic E-state index is 13.9. The van der Waals surface area contributed by atoms with Crippen LogP contribution in [0.2, 0.25) is 0 Å². The van der Waals surface area contributed by atoms with Gasteiger partial charge in [0.2, 0.25) is 17.7 Å². The lowest BCUT2D eigenvalue weighted by Gasteiger charge is -2.36. The molecule has 1 unspecified atom stereocenters. The maximum Gasteiger partial charge on any atom is 0.247 e. The van der Waals surface area contributed by atoms with Gasteiger partial charge in [0.25, 0.3) is 0 Å². The standard InChI is InChI=1S/C21H30F2N4O3/c1-12(24-5)18(28)26-17(21(2,3)4)20(30)27-11-7-10-15(27)19(29)25-16-13(22)8-6-9-14(16)23/h6,8-9,12,15,17,24H,7,10-11H2,1-5H3,(H,25,29)(H,26,28)/t12-,15-,17?/m1/s1. The number of nitrogens with one attached hydrogen (secondary N) is 3. The van der Waals surface area contributed by atoms with Crippen molar-refractivity contribution in [2.24, 2.45) is 5.41 Å². The molecule has 1 aromatic carbocycles. The molecule has 30 heavy (non-hydrogen) atoms. The molecule has 1 saturated heterocycles. The van der Waals surface area contributed by atoms with Gasteiger partial charge in [-0.15, -0.1) is 0 Å². The summed E-state index contributed by atoms with van der Waals surface area (Å²) < 4.78 is 27.8. The van der Waals surface area contributed by atoms with E-state index in [2.05, 4.69) is 16.0 Å². The minimum absolute atomic E-state index is 0.320. The molecule has 2 rings (SSSR count). The molecule has 0 aliphatic carbocycles. The first-order valence-electron chi connectivity index (χ1n) is 10.0. The van der Waals surface area contributed by atoms with E-state index in [1.54, 1.807) is 14.0 Å². The molecular formula is C21H30F2N4O3. The number of para-hydroxylation sites is 1. The topological polar surface area (TPSA) is 90.5 Å². The summed E-state index contributed by atoms with van der Waals surface area (Å²) in [6.45, 7) is 7.45. The molecule has 1 fully saturated rings. The molecular weight excluding hydrogens is 394 g/mol. The summed E-state index contributed by atoms with van der Waals surface area (Å²) in [6.07, 6.45) is 0.937. The number of hydrogen-bond donors (Lipinski definition) is 3. The molecule has 1 aliphatic heterocycles. The highest BCUT2D eigenvalue weighted by atomic mass is 19.1. The van der Waals surface area contributed by atoms with Gasteiger partial charge < -0.3 is 20.9 Å². The second kappa shape index (κ2) is 9.51. The molecule has 1 aliphatic rings. The van der Waals surface area contributed by atoms with Crippen LogP contribution in [0.1, 0.15) is 40.5 Å². The van der Waals surface area contributed by atoms with E-state index in [1.807, 2.05) is 20.8 Å². The summed E-state index contributed by atoms with van der Waals surface area (Å²) in [6, 6.07) is 1.06. The Kier molecular flexibility index (Phi) is 7.52. The lowest BCUT2D eigenvalue weighted by Crippen LogP contribution is -2.59. The molecule has 0 aromatic heterocycles. The average Bonchev–Trinajstić information content (AvgIpc) is 3.16. The Bertz CT molecular complexity index is 790. The zero-order valence-corrected chi connectivity index (χ0v) is 18.0. The Hall–Kier alpha value is -2.55. The number of rotatable bonds is 6. The first-order valence-corrected chi connectivity index (χ1v) is 10.0. The molecule has 166 valence electrons. The van der Waals surface area contributed by atoms with Gasteiger partial charge in [-0.05, 0) is 44.4 Å². The molecule has 0 saturated carbocycles. The predicted molar refractivity (Wildman–Crippen MR) is 110 cm³/mol. The van der Waals surface area contributed by atoms with Crippen molar-refractivity contribution in [3.8, 4) is 0 Å². The summed E-state index contributed by atoms with van der Waals surface area (Å²) in [5, 5.41) is 7.86. The summed E-state index contributed by atoms with van der Waals surface area (Å²) in [5.74, 6) is -3.17. The summed E-state index contributed by atoms with van der Waals surface area (Å²) in [7, 11) is 1.64. The van der Waals surface area contributed by atoms with Crippen molar-refractivity contribution in [1.82, 2.24) is 15.5 Å². The van der Waals surface area contributed by atoms with Crippen molar-refractivity contribution >= 4 is 23.4 Å². The van der Waals surface area contributed by atoms with Gasteiger partial charge >= 0.3 is 0 Å². The molecule has 1 heterocycles. The Morgan fingerprint density at radius 3 is 2.30 bits per heavy atom. The number of likely N-dealkylation sites (N-methyl/N-ethyl adjacent to an activating group) is 1. The minimum atomic E-state index is -0.889. The number of anilines is 1. The van der Waals surface area contributed by atoms with Gasteiger partial charge in [-0.2, -0.15) is 0 Å². The third-order valence-corrected chi connectivity index (χ3v) is 5.28. The first kappa shape index (κ1) is 23.7. The van der Waals surface area contributed by atoms with Crippen LogP contribution in [-0.4, -0.2) is 54.3 Å². The van der Waals surface area contributed by atoms with E-state index in [0.717, 1.165) is 12.1 Å². The van der Waals surface area contributed by atoms with Crippen LogP contribution in [0.4, 0.5) is 14.5 Å². The zero-order valence-electron chi connectivity index (χ0n) is 18.0. The Morgan fingerprint density at radius 2 is 1.77 bits per heavy atom. The number of nitrogens with zero attached hydrogens (tertiary/aromatic N) is 1. The maximum atomic E-state index is 13.9. The van der Waals surface area contributed by atoms with E-state index in [4.69, 9.17) is 0 Å². The van der Waals surface area contributed by atoms with Crippen molar-refractivity contribution in [1.29, 1.82) is 0 Å². The van der Waals surface area contributed by atoms with E-state index in [-0.39, 0.29) is 5.91 Å². The van der Waals surface area contributed by atoms with Crippen LogP contribution in [-0.2, 0) is 14.4 Å². The number of halogens is 2. The van der Waals surface area contributed by atoms with Crippen LogP contribution in [0.3, 0.4) is 0 Å². The third-order valence-electron chi connectivity index (χ3n) is 5.28. The number of benzene rings is 1. The molecule has 3 N–H and O–H groups in total.